The van der Waals surface area contributed by atoms with E-state index in [1.807, 2.05) is 7.05 Å². The van der Waals surface area contributed by atoms with Gasteiger partial charge in [0.2, 0.25) is 10.0 Å². The third-order valence-electron chi connectivity index (χ3n) is 3.52. The lowest BCUT2D eigenvalue weighted by atomic mass is 10.0. The summed E-state index contributed by atoms with van der Waals surface area (Å²) in [5, 5.41) is 3.44. The van der Waals surface area contributed by atoms with E-state index in [0.717, 1.165) is 25.0 Å². The van der Waals surface area contributed by atoms with Gasteiger partial charge < -0.3 is 10.1 Å². The molecule has 1 aromatic rings. The van der Waals surface area contributed by atoms with Crippen LogP contribution in [0.15, 0.2) is 23.1 Å². The summed E-state index contributed by atoms with van der Waals surface area (Å²) in [6.07, 6.45) is 1.97. The number of nitrogens with one attached hydrogen (secondary N) is 2. The fourth-order valence-corrected chi connectivity index (χ4v) is 3.76. The Labute approximate surface area is 131 Å². The zero-order chi connectivity index (χ0) is 15.3. The minimum Gasteiger partial charge on any atom is -0.381 e. The first kappa shape index (κ1) is 16.7. The highest BCUT2D eigenvalue weighted by Crippen LogP contribution is 2.21. The second kappa shape index (κ2) is 7.56. The molecular weight excluding hydrogens is 312 g/mol. The molecule has 1 heterocycles. The summed E-state index contributed by atoms with van der Waals surface area (Å²) < 4.78 is 32.5. The Kier molecular flexibility index (Phi) is 6.01. The molecule has 1 aliphatic rings. The average molecular weight is 333 g/mol. The largest absolute Gasteiger partial charge is 0.381 e. The van der Waals surface area contributed by atoms with E-state index in [4.69, 9.17) is 16.3 Å². The zero-order valence-corrected chi connectivity index (χ0v) is 13.6. The summed E-state index contributed by atoms with van der Waals surface area (Å²) in [7, 11) is -1.71. The molecule has 1 aromatic carbocycles. The predicted octanol–water partition coefficient (Wildman–Crippen LogP) is 1.76. The minimum absolute atomic E-state index is 0.198. The Bertz CT molecular complexity index is 572. The Morgan fingerprint density at radius 3 is 2.86 bits per heavy atom. The maximum absolute atomic E-state index is 12.3. The zero-order valence-electron chi connectivity index (χ0n) is 12.1. The highest BCUT2D eigenvalue weighted by Gasteiger charge is 2.19. The monoisotopic (exact) mass is 332 g/mol. The third kappa shape index (κ3) is 4.66. The summed E-state index contributed by atoms with van der Waals surface area (Å²) >= 11 is 6.11. The number of halogens is 1. The average Bonchev–Trinajstić information content (AvgIpc) is 2.48. The van der Waals surface area contributed by atoms with Crippen molar-refractivity contribution in [3.05, 3.63) is 28.8 Å². The van der Waals surface area contributed by atoms with Crippen molar-refractivity contribution in [2.45, 2.75) is 24.3 Å². The topological polar surface area (TPSA) is 67.4 Å². The van der Waals surface area contributed by atoms with Crippen molar-refractivity contribution in [3.8, 4) is 0 Å². The van der Waals surface area contributed by atoms with Gasteiger partial charge >= 0.3 is 0 Å². The van der Waals surface area contributed by atoms with Crippen LogP contribution in [0.5, 0.6) is 0 Å². The van der Waals surface area contributed by atoms with Crippen LogP contribution in [0, 0.1) is 5.92 Å². The van der Waals surface area contributed by atoms with Gasteiger partial charge in [-0.15, -0.1) is 0 Å². The second-order valence-electron chi connectivity index (χ2n) is 5.22. The van der Waals surface area contributed by atoms with Crippen LogP contribution in [0.4, 0.5) is 0 Å². The van der Waals surface area contributed by atoms with Gasteiger partial charge in [0.25, 0.3) is 0 Å². The molecule has 7 heteroatoms. The smallest absolute Gasteiger partial charge is 0.240 e. The van der Waals surface area contributed by atoms with Gasteiger partial charge in [-0.1, -0.05) is 17.7 Å². The molecule has 118 valence electrons. The fourth-order valence-electron chi connectivity index (χ4n) is 2.31. The Hall–Kier alpha value is -0.660. The molecule has 2 rings (SSSR count). The van der Waals surface area contributed by atoms with Crippen molar-refractivity contribution < 1.29 is 13.2 Å². The molecule has 1 atom stereocenters. The maximum atomic E-state index is 12.3. The number of hydrogen-bond acceptors (Lipinski definition) is 4. The van der Waals surface area contributed by atoms with Crippen LogP contribution in [0.2, 0.25) is 5.02 Å². The van der Waals surface area contributed by atoms with Crippen LogP contribution >= 0.6 is 11.6 Å². The summed E-state index contributed by atoms with van der Waals surface area (Å²) in [6, 6.07) is 4.81. The molecule has 0 aromatic heterocycles. The van der Waals surface area contributed by atoms with E-state index < -0.39 is 10.0 Å². The first-order chi connectivity index (χ1) is 10.0. The molecule has 21 heavy (non-hydrogen) atoms. The van der Waals surface area contributed by atoms with Crippen LogP contribution < -0.4 is 10.0 Å². The van der Waals surface area contributed by atoms with Crippen LogP contribution in [-0.2, 0) is 21.3 Å². The summed E-state index contributed by atoms with van der Waals surface area (Å²) in [5.41, 5.74) is 0.874. The molecule has 1 aliphatic heterocycles. The van der Waals surface area contributed by atoms with Gasteiger partial charge in [0.15, 0.2) is 0 Å². The van der Waals surface area contributed by atoms with Crippen molar-refractivity contribution in [2.75, 3.05) is 26.8 Å². The molecule has 5 nitrogen and oxygen atoms in total. The van der Waals surface area contributed by atoms with E-state index in [2.05, 4.69) is 10.0 Å². The first-order valence-corrected chi connectivity index (χ1v) is 8.89. The number of sulfonamides is 1. The van der Waals surface area contributed by atoms with Crippen molar-refractivity contribution in [1.29, 1.82) is 0 Å². The minimum atomic E-state index is -3.52. The molecule has 0 bridgehead atoms. The van der Waals surface area contributed by atoms with Crippen molar-refractivity contribution in [1.82, 2.24) is 10.0 Å². The van der Waals surface area contributed by atoms with E-state index in [9.17, 15) is 8.42 Å². The van der Waals surface area contributed by atoms with Crippen LogP contribution in [0.1, 0.15) is 18.4 Å². The highest BCUT2D eigenvalue weighted by atomic mass is 35.5. The molecule has 0 radical (unpaired) electrons. The van der Waals surface area contributed by atoms with Crippen molar-refractivity contribution in [3.63, 3.8) is 0 Å². The number of hydrogen-bond donors (Lipinski definition) is 2. The molecule has 0 saturated carbocycles. The molecule has 1 unspecified atom stereocenters. The quantitative estimate of drug-likeness (QED) is 0.833. The van der Waals surface area contributed by atoms with Gasteiger partial charge in [-0.05, 0) is 43.5 Å². The molecule has 1 fully saturated rings. The lowest BCUT2D eigenvalue weighted by molar-refractivity contribution is 0.0568. The standard InChI is InChI=1S/C14H21ClN2O3S/c1-16-9-12-4-5-13(7-14(12)15)21(18,19)17-8-11-3-2-6-20-10-11/h4-5,7,11,16-17H,2-3,6,8-10H2,1H3. The molecule has 2 N–H and O–H groups in total. The van der Waals surface area contributed by atoms with Crippen molar-refractivity contribution in [2.24, 2.45) is 5.92 Å². The Morgan fingerprint density at radius 2 is 2.24 bits per heavy atom. The molecule has 0 spiro atoms. The number of benzene rings is 1. The lowest BCUT2D eigenvalue weighted by Gasteiger charge is -2.22. The SMILES string of the molecule is CNCc1ccc(S(=O)(=O)NCC2CCCOC2)cc1Cl. The molecule has 0 aliphatic carbocycles. The van der Waals surface area contributed by atoms with E-state index in [1.165, 1.54) is 6.07 Å². The third-order valence-corrected chi connectivity index (χ3v) is 5.29. The number of ether oxygens (including phenoxy) is 1. The summed E-state index contributed by atoms with van der Waals surface area (Å²) in [5.74, 6) is 0.243. The fraction of sp³-hybridized carbons (Fsp3) is 0.571. The normalized spacial score (nSPS) is 19.6. The summed E-state index contributed by atoms with van der Waals surface area (Å²) in [4.78, 5) is 0.198. The van der Waals surface area contributed by atoms with Gasteiger partial charge in [-0.2, -0.15) is 0 Å². The van der Waals surface area contributed by atoms with Gasteiger partial charge in [0.05, 0.1) is 11.5 Å². The van der Waals surface area contributed by atoms with E-state index in [0.29, 0.717) is 24.7 Å². The maximum Gasteiger partial charge on any atom is 0.240 e. The number of rotatable bonds is 6. The first-order valence-electron chi connectivity index (χ1n) is 7.03. The van der Waals surface area contributed by atoms with Crippen LogP contribution in [-0.4, -0.2) is 35.2 Å². The second-order valence-corrected chi connectivity index (χ2v) is 7.39. The Balaban J connectivity index is 2.03. The van der Waals surface area contributed by atoms with Gasteiger partial charge in [0.1, 0.15) is 0 Å². The molecular formula is C14H21ClN2O3S. The van der Waals surface area contributed by atoms with Gasteiger partial charge in [0, 0.05) is 24.7 Å². The van der Waals surface area contributed by atoms with Gasteiger partial charge in [-0.25, -0.2) is 13.1 Å². The molecule has 1 saturated heterocycles. The van der Waals surface area contributed by atoms with E-state index in [1.54, 1.807) is 12.1 Å². The summed E-state index contributed by atoms with van der Waals surface area (Å²) in [6.45, 7) is 2.39. The predicted molar refractivity (Wildman–Crippen MR) is 82.9 cm³/mol. The van der Waals surface area contributed by atoms with E-state index in [-0.39, 0.29) is 10.8 Å². The van der Waals surface area contributed by atoms with E-state index >= 15 is 0 Å². The lowest BCUT2D eigenvalue weighted by Crippen LogP contribution is -2.33. The highest BCUT2D eigenvalue weighted by molar-refractivity contribution is 7.89. The Morgan fingerprint density at radius 1 is 1.43 bits per heavy atom. The van der Waals surface area contributed by atoms with Crippen LogP contribution in [0.3, 0.4) is 0 Å². The van der Waals surface area contributed by atoms with Crippen molar-refractivity contribution >= 4 is 21.6 Å². The van der Waals surface area contributed by atoms with Crippen LogP contribution in [0.25, 0.3) is 0 Å². The molecule has 0 amide bonds. The van der Waals surface area contributed by atoms with Gasteiger partial charge in [-0.3, -0.25) is 0 Å².